The van der Waals surface area contributed by atoms with E-state index in [2.05, 4.69) is 15.2 Å². The van der Waals surface area contributed by atoms with E-state index in [-0.39, 0.29) is 22.1 Å². The van der Waals surface area contributed by atoms with E-state index in [1.165, 1.54) is 47.9 Å². The summed E-state index contributed by atoms with van der Waals surface area (Å²) < 4.78 is 32.5. The largest absolute Gasteiger partial charge is 0.496 e. The van der Waals surface area contributed by atoms with Crippen molar-refractivity contribution in [1.82, 2.24) is 14.2 Å². The van der Waals surface area contributed by atoms with Crippen molar-refractivity contribution in [2.75, 3.05) is 38.6 Å². The van der Waals surface area contributed by atoms with Crippen LogP contribution in [0.1, 0.15) is 22.2 Å². The van der Waals surface area contributed by atoms with Crippen molar-refractivity contribution < 1.29 is 22.7 Å². The molecule has 0 saturated carbocycles. The highest BCUT2D eigenvalue weighted by Gasteiger charge is 2.29. The van der Waals surface area contributed by atoms with E-state index in [0.717, 1.165) is 4.88 Å². The number of sulfonamides is 1. The maximum Gasteiger partial charge on any atom is 0.252 e. The Hall–Kier alpha value is -2.54. The van der Waals surface area contributed by atoms with Crippen LogP contribution in [0.5, 0.6) is 5.75 Å². The number of benzene rings is 1. The third kappa shape index (κ3) is 4.95. The number of hydrogen-bond donors (Lipinski definition) is 2. The van der Waals surface area contributed by atoms with Gasteiger partial charge in [-0.1, -0.05) is 0 Å². The van der Waals surface area contributed by atoms with Gasteiger partial charge in [0.05, 0.1) is 17.6 Å². The van der Waals surface area contributed by atoms with Gasteiger partial charge in [0.1, 0.15) is 5.75 Å². The van der Waals surface area contributed by atoms with Crippen LogP contribution < -0.4 is 15.8 Å². The minimum atomic E-state index is -3.76. The number of thiazole rings is 1. The van der Waals surface area contributed by atoms with Gasteiger partial charge < -0.3 is 15.8 Å². The monoisotopic (exact) mass is 453 g/mol. The van der Waals surface area contributed by atoms with Gasteiger partial charge in [-0.15, -0.1) is 11.3 Å². The summed E-state index contributed by atoms with van der Waals surface area (Å²) in [6.07, 6.45) is 1.71. The lowest BCUT2D eigenvalue weighted by Crippen LogP contribution is -2.48. The molecule has 3 N–H and O–H groups in total. The third-order valence-corrected chi connectivity index (χ3v) is 7.41. The van der Waals surface area contributed by atoms with Gasteiger partial charge in [-0.3, -0.25) is 14.5 Å². The number of anilines is 1. The zero-order chi connectivity index (χ0) is 21.9. The van der Waals surface area contributed by atoms with Crippen LogP contribution in [0, 0.1) is 0 Å². The van der Waals surface area contributed by atoms with Crippen LogP contribution in [0.15, 0.2) is 29.3 Å². The van der Waals surface area contributed by atoms with Crippen molar-refractivity contribution >= 4 is 38.3 Å². The molecular formula is C18H23N5O5S2. The van der Waals surface area contributed by atoms with Crippen molar-refractivity contribution in [3.63, 3.8) is 0 Å². The third-order valence-electron chi connectivity index (χ3n) is 4.62. The van der Waals surface area contributed by atoms with E-state index in [1.807, 2.05) is 0 Å². The summed E-state index contributed by atoms with van der Waals surface area (Å²) in [5.41, 5.74) is 5.36. The fraction of sp³-hybridized carbons (Fsp3) is 0.389. The van der Waals surface area contributed by atoms with E-state index in [0.29, 0.717) is 37.9 Å². The second-order valence-corrected chi connectivity index (χ2v) is 9.77. The van der Waals surface area contributed by atoms with Crippen molar-refractivity contribution in [2.45, 2.75) is 18.4 Å². The predicted octanol–water partition coefficient (Wildman–Crippen LogP) is 0.716. The highest BCUT2D eigenvalue weighted by molar-refractivity contribution is 7.89. The molecule has 2 amide bonds. The average molecular weight is 454 g/mol. The van der Waals surface area contributed by atoms with Crippen molar-refractivity contribution in [2.24, 2.45) is 5.73 Å². The molecule has 0 unspecified atom stereocenters. The van der Waals surface area contributed by atoms with Crippen molar-refractivity contribution in [1.29, 1.82) is 0 Å². The van der Waals surface area contributed by atoms with Gasteiger partial charge >= 0.3 is 0 Å². The normalized spacial score (nSPS) is 15.7. The maximum atomic E-state index is 13.0. The number of ether oxygens (including phenoxy) is 1. The molecule has 1 aliphatic heterocycles. The van der Waals surface area contributed by atoms with Gasteiger partial charge in [0.25, 0.3) is 5.91 Å². The number of nitrogens with one attached hydrogen (secondary N) is 1. The van der Waals surface area contributed by atoms with Crippen LogP contribution >= 0.6 is 11.3 Å². The minimum Gasteiger partial charge on any atom is -0.496 e. The molecule has 0 aliphatic carbocycles. The number of aromatic nitrogens is 1. The first-order chi connectivity index (χ1) is 14.2. The number of amides is 2. The summed E-state index contributed by atoms with van der Waals surface area (Å²) in [7, 11) is -2.38. The molecular weight excluding hydrogens is 430 g/mol. The Kier molecular flexibility index (Phi) is 6.71. The number of nitrogens with two attached hydrogens (primary N) is 1. The molecule has 0 radical (unpaired) electrons. The van der Waals surface area contributed by atoms with E-state index >= 15 is 0 Å². The topological polar surface area (TPSA) is 135 Å². The Morgan fingerprint density at radius 2 is 1.97 bits per heavy atom. The predicted molar refractivity (Wildman–Crippen MR) is 112 cm³/mol. The highest BCUT2D eigenvalue weighted by atomic mass is 32.2. The van der Waals surface area contributed by atoms with Crippen LogP contribution in [0.4, 0.5) is 5.13 Å². The molecule has 0 spiro atoms. The molecule has 1 aliphatic rings. The van der Waals surface area contributed by atoms with Crippen LogP contribution in [0.25, 0.3) is 0 Å². The van der Waals surface area contributed by atoms with E-state index in [1.54, 1.807) is 6.20 Å². The number of piperazine rings is 1. The molecule has 2 heterocycles. The van der Waals surface area contributed by atoms with Crippen LogP contribution in [-0.2, 0) is 21.4 Å². The summed E-state index contributed by atoms with van der Waals surface area (Å²) in [4.78, 5) is 30.0. The van der Waals surface area contributed by atoms with Crippen molar-refractivity contribution in [3.05, 3.63) is 34.8 Å². The molecule has 3 rings (SSSR count). The molecule has 1 aromatic heterocycles. The summed E-state index contributed by atoms with van der Waals surface area (Å²) in [5, 5.41) is 3.19. The lowest BCUT2D eigenvalue weighted by atomic mass is 10.2. The minimum absolute atomic E-state index is 0.00737. The summed E-state index contributed by atoms with van der Waals surface area (Å²) in [5.74, 6) is -0.695. The number of carbonyl (C=O) groups excluding carboxylic acids is 2. The Morgan fingerprint density at radius 1 is 1.27 bits per heavy atom. The van der Waals surface area contributed by atoms with Crippen LogP contribution in [-0.4, -0.2) is 67.7 Å². The number of rotatable bonds is 7. The van der Waals surface area contributed by atoms with Crippen LogP contribution in [0.3, 0.4) is 0 Å². The Bertz CT molecular complexity index is 1040. The lowest BCUT2D eigenvalue weighted by Gasteiger charge is -2.33. The number of carbonyl (C=O) groups is 2. The first-order valence-corrected chi connectivity index (χ1v) is 11.4. The van der Waals surface area contributed by atoms with Crippen molar-refractivity contribution in [3.8, 4) is 5.75 Å². The fourth-order valence-electron chi connectivity index (χ4n) is 3.13. The maximum absolute atomic E-state index is 13.0. The summed E-state index contributed by atoms with van der Waals surface area (Å²) >= 11 is 1.39. The molecule has 2 aromatic rings. The molecule has 162 valence electrons. The van der Waals surface area contributed by atoms with Gasteiger partial charge in [0.15, 0.2) is 5.13 Å². The van der Waals surface area contributed by atoms with Gasteiger partial charge in [-0.05, 0) is 18.2 Å². The van der Waals surface area contributed by atoms with Gasteiger partial charge in [-0.2, -0.15) is 4.31 Å². The first-order valence-electron chi connectivity index (χ1n) is 9.13. The molecule has 12 heteroatoms. The lowest BCUT2D eigenvalue weighted by molar-refractivity contribution is -0.114. The Labute approximate surface area is 178 Å². The first kappa shape index (κ1) is 22.2. The molecule has 0 atom stereocenters. The quantitative estimate of drug-likeness (QED) is 0.630. The highest BCUT2D eigenvalue weighted by Crippen LogP contribution is 2.26. The van der Waals surface area contributed by atoms with E-state index in [4.69, 9.17) is 10.5 Å². The average Bonchev–Trinajstić information content (AvgIpc) is 3.13. The Morgan fingerprint density at radius 3 is 2.57 bits per heavy atom. The van der Waals surface area contributed by atoms with Crippen LogP contribution in [0.2, 0.25) is 0 Å². The van der Waals surface area contributed by atoms with Gasteiger partial charge in [0.2, 0.25) is 15.9 Å². The smallest absolute Gasteiger partial charge is 0.252 e. The number of methoxy groups -OCH3 is 1. The molecule has 0 bridgehead atoms. The zero-order valence-electron chi connectivity index (χ0n) is 16.6. The van der Waals surface area contributed by atoms with Gasteiger partial charge in [0, 0.05) is 50.7 Å². The molecule has 30 heavy (non-hydrogen) atoms. The number of hydrogen-bond acceptors (Lipinski definition) is 8. The second kappa shape index (κ2) is 9.08. The standard InChI is InChI=1S/C18H23N5O5S2/c1-12(24)21-18-20-10-13(29-18)11-22-5-7-23(8-6-22)30(26,27)14-3-4-16(28-2)15(9-14)17(19)25/h3-4,9-10H,5-8,11H2,1-2H3,(H2,19,25)(H,20,21,24). The van der Waals surface area contributed by atoms with Gasteiger partial charge in [-0.25, -0.2) is 13.4 Å². The summed E-state index contributed by atoms with van der Waals surface area (Å²) in [6.45, 7) is 3.78. The molecule has 1 fully saturated rings. The Balaban J connectivity index is 1.65. The van der Waals surface area contributed by atoms with E-state index < -0.39 is 15.9 Å². The second-order valence-electron chi connectivity index (χ2n) is 6.72. The zero-order valence-corrected chi connectivity index (χ0v) is 18.3. The molecule has 1 saturated heterocycles. The number of nitrogens with zero attached hydrogens (tertiary/aromatic N) is 3. The molecule has 1 aromatic carbocycles. The summed E-state index contributed by atoms with van der Waals surface area (Å²) in [6, 6.07) is 4.09. The fourth-order valence-corrected chi connectivity index (χ4v) is 5.48. The SMILES string of the molecule is COc1ccc(S(=O)(=O)N2CCN(Cc3cnc(NC(C)=O)s3)CC2)cc1C(N)=O. The van der Waals surface area contributed by atoms with E-state index in [9.17, 15) is 18.0 Å². The molecule has 10 nitrogen and oxygen atoms in total. The number of primary amides is 1.